The molecule has 1 saturated heterocycles. The van der Waals surface area contributed by atoms with Gasteiger partial charge in [-0.1, -0.05) is 6.07 Å². The van der Waals surface area contributed by atoms with Gasteiger partial charge in [-0.2, -0.15) is 0 Å². The lowest BCUT2D eigenvalue weighted by atomic mass is 10.1. The maximum atomic E-state index is 12.6. The van der Waals surface area contributed by atoms with Crippen LogP contribution in [0.2, 0.25) is 0 Å². The number of carbonyl (C=O) groups excluding carboxylic acids is 2. The Labute approximate surface area is 139 Å². The van der Waals surface area contributed by atoms with Crippen molar-refractivity contribution in [1.82, 2.24) is 4.90 Å². The van der Waals surface area contributed by atoms with Gasteiger partial charge in [-0.25, -0.2) is 0 Å². The number of nitrogens with one attached hydrogen (secondary N) is 1. The molecular formula is C16H21N3O5. The third-order valence-electron chi connectivity index (χ3n) is 4.08. The number of anilines is 1. The van der Waals surface area contributed by atoms with E-state index in [4.69, 9.17) is 0 Å². The van der Waals surface area contributed by atoms with E-state index < -0.39 is 22.8 Å². The molecular weight excluding hydrogens is 314 g/mol. The fraction of sp³-hybridized carbons (Fsp3) is 0.500. The SMILES string of the molecule is COC(=O)C[C@@H](C(=O)Nc1ccc(C)cc1[N+](=O)[O-])N1CCCC1. The van der Waals surface area contributed by atoms with Gasteiger partial charge in [0, 0.05) is 6.07 Å². The predicted molar refractivity (Wildman–Crippen MR) is 87.7 cm³/mol. The number of hydrogen-bond donors (Lipinski definition) is 1. The summed E-state index contributed by atoms with van der Waals surface area (Å²) in [6.07, 6.45) is 1.83. The highest BCUT2D eigenvalue weighted by molar-refractivity contribution is 5.98. The van der Waals surface area contributed by atoms with Crippen LogP contribution in [0.1, 0.15) is 24.8 Å². The van der Waals surface area contributed by atoms with E-state index in [1.54, 1.807) is 13.0 Å². The summed E-state index contributed by atoms with van der Waals surface area (Å²) in [5.74, 6) is -0.922. The molecule has 1 aliphatic rings. The smallest absolute Gasteiger partial charge is 0.307 e. The molecule has 0 aliphatic carbocycles. The van der Waals surface area contributed by atoms with Crippen molar-refractivity contribution in [3.05, 3.63) is 33.9 Å². The second kappa shape index (κ2) is 7.87. The summed E-state index contributed by atoms with van der Waals surface area (Å²) in [6.45, 7) is 3.17. The lowest BCUT2D eigenvalue weighted by molar-refractivity contribution is -0.384. The molecule has 1 aromatic rings. The topological polar surface area (TPSA) is 102 Å². The summed E-state index contributed by atoms with van der Waals surface area (Å²) < 4.78 is 4.66. The maximum absolute atomic E-state index is 12.6. The molecule has 0 saturated carbocycles. The Morgan fingerprint density at radius 2 is 2.04 bits per heavy atom. The molecule has 2 rings (SSSR count). The van der Waals surface area contributed by atoms with Crippen LogP contribution in [0.4, 0.5) is 11.4 Å². The average Bonchev–Trinajstić information content (AvgIpc) is 3.07. The average molecular weight is 335 g/mol. The molecule has 1 fully saturated rings. The molecule has 1 atom stereocenters. The monoisotopic (exact) mass is 335 g/mol. The molecule has 1 aliphatic heterocycles. The maximum Gasteiger partial charge on any atom is 0.307 e. The largest absolute Gasteiger partial charge is 0.469 e. The van der Waals surface area contributed by atoms with Crippen molar-refractivity contribution in [2.75, 3.05) is 25.5 Å². The van der Waals surface area contributed by atoms with Gasteiger partial charge in [0.25, 0.3) is 5.69 Å². The number of nitrogens with zero attached hydrogens (tertiary/aromatic N) is 2. The zero-order chi connectivity index (χ0) is 17.7. The number of hydrogen-bond acceptors (Lipinski definition) is 6. The van der Waals surface area contributed by atoms with E-state index in [0.717, 1.165) is 18.4 Å². The van der Waals surface area contributed by atoms with Crippen molar-refractivity contribution < 1.29 is 19.2 Å². The Bertz CT molecular complexity index is 641. The highest BCUT2D eigenvalue weighted by Crippen LogP contribution is 2.26. The number of rotatable bonds is 6. The number of ether oxygens (including phenoxy) is 1. The summed E-state index contributed by atoms with van der Waals surface area (Å²) >= 11 is 0. The Morgan fingerprint density at radius 3 is 2.62 bits per heavy atom. The standard InChI is InChI=1S/C16H21N3O5/c1-11-5-6-12(13(9-11)19(22)23)17-16(21)14(10-15(20)24-2)18-7-3-4-8-18/h5-6,9,14H,3-4,7-8,10H2,1-2H3,(H,17,21)/t14-/m0/s1. The van der Waals surface area contributed by atoms with E-state index >= 15 is 0 Å². The van der Waals surface area contributed by atoms with E-state index in [1.165, 1.54) is 19.2 Å². The highest BCUT2D eigenvalue weighted by Gasteiger charge is 2.31. The first kappa shape index (κ1) is 17.9. The van der Waals surface area contributed by atoms with Crippen LogP contribution in [0.5, 0.6) is 0 Å². The minimum atomic E-state index is -0.694. The number of aryl methyl sites for hydroxylation is 1. The third kappa shape index (κ3) is 4.29. The normalized spacial score (nSPS) is 15.8. The van der Waals surface area contributed by atoms with Crippen LogP contribution in [0.15, 0.2) is 18.2 Å². The van der Waals surface area contributed by atoms with Crippen molar-refractivity contribution in [2.45, 2.75) is 32.2 Å². The van der Waals surface area contributed by atoms with Crippen LogP contribution < -0.4 is 5.32 Å². The summed E-state index contributed by atoms with van der Waals surface area (Å²) in [4.78, 5) is 36.8. The van der Waals surface area contributed by atoms with Gasteiger partial charge in [0.05, 0.1) is 18.5 Å². The summed E-state index contributed by atoms with van der Waals surface area (Å²) in [5, 5.41) is 13.8. The first-order valence-corrected chi connectivity index (χ1v) is 7.79. The van der Waals surface area contributed by atoms with Crippen LogP contribution >= 0.6 is 0 Å². The predicted octanol–water partition coefficient (Wildman–Crippen LogP) is 1.87. The van der Waals surface area contributed by atoms with E-state index in [9.17, 15) is 19.7 Å². The van der Waals surface area contributed by atoms with Gasteiger partial charge in [-0.05, 0) is 44.5 Å². The molecule has 8 heteroatoms. The molecule has 0 unspecified atom stereocenters. The molecule has 0 aromatic heterocycles. The third-order valence-corrected chi connectivity index (χ3v) is 4.08. The fourth-order valence-corrected chi connectivity index (χ4v) is 2.80. The number of nitro groups is 1. The molecule has 1 heterocycles. The fourth-order valence-electron chi connectivity index (χ4n) is 2.80. The van der Waals surface area contributed by atoms with E-state index in [1.807, 2.05) is 4.90 Å². The van der Waals surface area contributed by atoms with Crippen molar-refractivity contribution in [3.8, 4) is 0 Å². The molecule has 0 spiro atoms. The Balaban J connectivity index is 2.20. The van der Waals surface area contributed by atoms with Gasteiger partial charge >= 0.3 is 5.97 Å². The Kier molecular flexibility index (Phi) is 5.86. The zero-order valence-electron chi connectivity index (χ0n) is 13.8. The number of likely N-dealkylation sites (tertiary alicyclic amines) is 1. The number of carbonyl (C=O) groups is 2. The van der Waals surface area contributed by atoms with Gasteiger partial charge in [-0.3, -0.25) is 24.6 Å². The minimum Gasteiger partial charge on any atom is -0.469 e. The molecule has 0 radical (unpaired) electrons. The summed E-state index contributed by atoms with van der Waals surface area (Å²) in [5.41, 5.74) is 0.691. The van der Waals surface area contributed by atoms with Crippen LogP contribution in [0.25, 0.3) is 0 Å². The van der Waals surface area contributed by atoms with Gasteiger partial charge in [0.15, 0.2) is 0 Å². The number of benzene rings is 1. The van der Waals surface area contributed by atoms with Crippen molar-refractivity contribution in [2.24, 2.45) is 0 Å². The van der Waals surface area contributed by atoms with Crippen LogP contribution in [0, 0.1) is 17.0 Å². The lowest BCUT2D eigenvalue weighted by Crippen LogP contribution is -2.44. The van der Waals surface area contributed by atoms with Gasteiger partial charge < -0.3 is 10.1 Å². The van der Waals surface area contributed by atoms with E-state index in [0.29, 0.717) is 13.1 Å². The number of methoxy groups -OCH3 is 1. The van der Waals surface area contributed by atoms with Gasteiger partial charge in [-0.15, -0.1) is 0 Å². The quantitative estimate of drug-likeness (QED) is 0.484. The zero-order valence-corrected chi connectivity index (χ0v) is 13.8. The van der Waals surface area contributed by atoms with Gasteiger partial charge in [0.1, 0.15) is 11.7 Å². The number of nitro benzene ring substituents is 1. The summed E-state index contributed by atoms with van der Waals surface area (Å²) in [7, 11) is 1.27. The first-order chi connectivity index (χ1) is 11.4. The number of amides is 1. The minimum absolute atomic E-state index is 0.0814. The molecule has 0 bridgehead atoms. The van der Waals surface area contributed by atoms with Crippen molar-refractivity contribution in [1.29, 1.82) is 0 Å². The molecule has 1 N–H and O–H groups in total. The van der Waals surface area contributed by atoms with Crippen molar-refractivity contribution in [3.63, 3.8) is 0 Å². The van der Waals surface area contributed by atoms with E-state index in [-0.39, 0.29) is 17.8 Å². The van der Waals surface area contributed by atoms with Crippen LogP contribution in [-0.2, 0) is 14.3 Å². The highest BCUT2D eigenvalue weighted by atomic mass is 16.6. The molecule has 24 heavy (non-hydrogen) atoms. The lowest BCUT2D eigenvalue weighted by Gasteiger charge is -2.25. The molecule has 130 valence electrons. The molecule has 1 aromatic carbocycles. The van der Waals surface area contributed by atoms with Crippen molar-refractivity contribution >= 4 is 23.3 Å². The Morgan fingerprint density at radius 1 is 1.38 bits per heavy atom. The molecule has 8 nitrogen and oxygen atoms in total. The molecule has 1 amide bonds. The second-order valence-corrected chi connectivity index (χ2v) is 5.81. The van der Waals surface area contributed by atoms with Gasteiger partial charge in [0.2, 0.25) is 5.91 Å². The summed E-state index contributed by atoms with van der Waals surface area (Å²) in [6, 6.07) is 3.90. The second-order valence-electron chi connectivity index (χ2n) is 5.81. The number of esters is 1. The van der Waals surface area contributed by atoms with Crippen LogP contribution in [0.3, 0.4) is 0 Å². The van der Waals surface area contributed by atoms with E-state index in [2.05, 4.69) is 10.1 Å². The first-order valence-electron chi connectivity index (χ1n) is 7.79. The van der Waals surface area contributed by atoms with Crippen LogP contribution in [-0.4, -0.2) is 47.9 Å². The Hall–Kier alpha value is -2.48.